The van der Waals surface area contributed by atoms with Crippen molar-refractivity contribution in [3.8, 4) is 0 Å². The van der Waals surface area contributed by atoms with Crippen molar-refractivity contribution in [3.05, 3.63) is 161 Å². The predicted molar refractivity (Wildman–Crippen MR) is 259 cm³/mol. The van der Waals surface area contributed by atoms with Crippen molar-refractivity contribution in [2.75, 3.05) is 34.6 Å². The molecule has 0 saturated heterocycles. The average molecular weight is 1160 g/mol. The molecule has 0 atom stereocenters. The van der Waals surface area contributed by atoms with Crippen LogP contribution >= 0.6 is 69.6 Å². The fourth-order valence-corrected chi connectivity index (χ4v) is 8.86. The summed E-state index contributed by atoms with van der Waals surface area (Å²) < 4.78 is 134. The van der Waals surface area contributed by atoms with Crippen LogP contribution in [0.25, 0.3) is 0 Å². The van der Waals surface area contributed by atoms with Gasteiger partial charge in [0.2, 0.25) is 17.6 Å². The fraction of sp³-hybridized carbons (Fsp3) is 0.0952. The third-order valence-corrected chi connectivity index (χ3v) is 13.2. The van der Waals surface area contributed by atoms with E-state index in [0.29, 0.717) is 12.1 Å². The Labute approximate surface area is 434 Å². The minimum atomic E-state index is -4.91. The van der Waals surface area contributed by atoms with Crippen molar-refractivity contribution in [2.45, 2.75) is 22.1 Å². The quantitative estimate of drug-likeness (QED) is 0.0268. The molecule has 0 aliphatic heterocycles. The van der Waals surface area contributed by atoms with E-state index in [-0.39, 0.29) is 48.3 Å². The number of urea groups is 1. The molecule has 2 amide bonds. The zero-order chi connectivity index (χ0) is 54.1. The Balaban J connectivity index is 0.000000292. The largest absolute Gasteiger partial charge is 0.417 e. The van der Waals surface area contributed by atoms with Crippen LogP contribution in [0, 0.1) is 0 Å². The molecule has 6 aromatic rings. The number of ketones is 2. The number of isocyanates is 1. The number of alkyl halides is 6. The highest BCUT2D eigenvalue weighted by Crippen LogP contribution is 2.38. The van der Waals surface area contributed by atoms with E-state index >= 15 is 0 Å². The maximum Gasteiger partial charge on any atom is 0.417 e. The number of sulfonamides is 2. The first kappa shape index (κ1) is 58.4. The van der Waals surface area contributed by atoms with Crippen LogP contribution in [0.4, 0.5) is 53.9 Å². The fourth-order valence-electron chi connectivity index (χ4n) is 5.52. The zero-order valence-corrected chi connectivity index (χ0v) is 41.9. The lowest BCUT2D eigenvalue weighted by Gasteiger charge is -2.15. The summed E-state index contributed by atoms with van der Waals surface area (Å²) in [4.78, 5) is 55.8. The first-order valence-corrected chi connectivity index (χ1v) is 24.2. The van der Waals surface area contributed by atoms with Gasteiger partial charge in [0.25, 0.3) is 20.0 Å². The van der Waals surface area contributed by atoms with Gasteiger partial charge in [-0.3, -0.25) is 19.0 Å². The van der Waals surface area contributed by atoms with E-state index in [1.807, 2.05) is 9.44 Å². The number of carbonyl (C=O) groups is 3. The second-order valence-corrected chi connectivity index (χ2v) is 19.6. The molecule has 16 nitrogen and oxygen atoms in total. The lowest BCUT2D eigenvalue weighted by molar-refractivity contribution is -0.138. The molecule has 380 valence electrons. The van der Waals surface area contributed by atoms with Crippen LogP contribution in [0.1, 0.15) is 43.2 Å². The lowest BCUT2D eigenvalue weighted by atomic mass is 10.1. The van der Waals surface area contributed by atoms with Crippen LogP contribution < -0.4 is 25.8 Å². The Kier molecular flexibility index (Phi) is 19.5. The van der Waals surface area contributed by atoms with E-state index in [1.165, 1.54) is 56.6 Å². The molecule has 2 heterocycles. The predicted octanol–water partition coefficient (Wildman–Crippen LogP) is 11.5. The average Bonchev–Trinajstić information content (AvgIpc) is 3.29. The van der Waals surface area contributed by atoms with Crippen LogP contribution in [0.3, 0.4) is 0 Å². The normalized spacial score (nSPS) is 11.4. The number of anilines is 4. The van der Waals surface area contributed by atoms with Crippen molar-refractivity contribution in [1.29, 1.82) is 0 Å². The third kappa shape index (κ3) is 15.2. The number of pyridine rings is 2. The van der Waals surface area contributed by atoms with Crippen molar-refractivity contribution >= 4 is 136 Å². The van der Waals surface area contributed by atoms with Gasteiger partial charge in [0.15, 0.2) is 0 Å². The van der Waals surface area contributed by atoms with Gasteiger partial charge < -0.3 is 16.4 Å². The monoisotopic (exact) mass is 1160 g/mol. The molecule has 72 heavy (non-hydrogen) atoms. The number of benzene rings is 4. The number of hydrogen-bond donors (Lipinski definition) is 5. The van der Waals surface area contributed by atoms with Gasteiger partial charge in [0.05, 0.1) is 62.4 Å². The Morgan fingerprint density at radius 1 is 0.611 bits per heavy atom. The van der Waals surface area contributed by atoms with Gasteiger partial charge in [-0.2, -0.15) is 26.3 Å². The van der Waals surface area contributed by atoms with Gasteiger partial charge in [0.1, 0.15) is 11.4 Å². The number of rotatable bonds is 11. The number of aliphatic imine (C=N–C) groups is 1. The number of aromatic nitrogens is 2. The van der Waals surface area contributed by atoms with Gasteiger partial charge in [-0.1, -0.05) is 69.6 Å². The van der Waals surface area contributed by atoms with Gasteiger partial charge >= 0.3 is 18.4 Å². The number of amides is 2. The van der Waals surface area contributed by atoms with Gasteiger partial charge in [-0.05, 0) is 84.9 Å². The molecule has 2 aromatic heterocycles. The molecule has 0 bridgehead atoms. The van der Waals surface area contributed by atoms with E-state index in [4.69, 9.17) is 80.1 Å². The minimum absolute atomic E-state index is 0.0299. The molecule has 6 N–H and O–H groups in total. The van der Waals surface area contributed by atoms with Crippen molar-refractivity contribution in [3.63, 3.8) is 0 Å². The van der Waals surface area contributed by atoms with E-state index < -0.39 is 98.0 Å². The highest BCUT2D eigenvalue weighted by molar-refractivity contribution is 7.93. The summed E-state index contributed by atoms with van der Waals surface area (Å²) in [7, 11) is -6.50. The smallest absolute Gasteiger partial charge is 0.399 e. The third-order valence-electron chi connectivity index (χ3n) is 8.76. The number of nitrogen functional groups attached to an aromatic ring is 1. The highest BCUT2D eigenvalue weighted by atomic mass is 35.5. The van der Waals surface area contributed by atoms with Crippen LogP contribution in [-0.2, 0) is 37.2 Å². The molecule has 4 aromatic carbocycles. The summed E-state index contributed by atoms with van der Waals surface area (Å²) in [5.41, 5.74) is 1.54. The maximum atomic E-state index is 13.2. The summed E-state index contributed by atoms with van der Waals surface area (Å²) in [6, 6.07) is 13.7. The van der Waals surface area contributed by atoms with E-state index in [9.17, 15) is 57.6 Å². The second-order valence-electron chi connectivity index (χ2n) is 13.7. The Hall–Kier alpha value is -6.21. The molecule has 6 rings (SSSR count). The molecule has 0 aliphatic carbocycles. The van der Waals surface area contributed by atoms with Crippen molar-refractivity contribution < 1.29 is 62.4 Å². The second kappa shape index (κ2) is 24.0. The van der Waals surface area contributed by atoms with E-state index in [0.717, 1.165) is 48.8 Å². The Morgan fingerprint density at radius 2 is 1.00 bits per heavy atom. The summed E-state index contributed by atoms with van der Waals surface area (Å²) in [5, 5.41) is 3.30. The number of carbonyl (C=O) groups excluding carboxylic acids is 4. The molecular formula is C42H28Cl6F6N8O8S2. The molecule has 30 heteroatoms. The van der Waals surface area contributed by atoms with E-state index in [2.05, 4.69) is 25.6 Å². The molecule has 0 unspecified atom stereocenters. The maximum absolute atomic E-state index is 13.2. The molecule has 0 saturated carbocycles. The first-order valence-electron chi connectivity index (χ1n) is 18.9. The van der Waals surface area contributed by atoms with Gasteiger partial charge in [-0.15, -0.1) is 0 Å². The zero-order valence-electron chi connectivity index (χ0n) is 35.8. The molecule has 0 radical (unpaired) electrons. The highest BCUT2D eigenvalue weighted by Gasteiger charge is 2.36. The molecule has 0 spiro atoms. The number of hydrogen-bond acceptors (Lipinski definition) is 12. The van der Waals surface area contributed by atoms with Crippen LogP contribution in [0.2, 0.25) is 30.1 Å². The van der Waals surface area contributed by atoms with Crippen LogP contribution in [-0.4, -0.2) is 64.6 Å². The first-order chi connectivity index (χ1) is 33.4. The summed E-state index contributed by atoms with van der Waals surface area (Å²) in [5.74, 6) is -1.65. The SMILES string of the molecule is CN=C=O.CNC(=O)Nc1ccc(Cl)c(C(=O)c2ncc(Cl)cc2NS(=O)(=O)c2ccc(Cl)c(C(F)(F)F)c2)c1.Nc1ccc(Cl)c(C(=O)c2ncc(Cl)cc2NS(=O)(=O)c2ccc(Cl)c(C(F)(F)F)c2)c1. The summed E-state index contributed by atoms with van der Waals surface area (Å²) >= 11 is 35.1. The Morgan fingerprint density at radius 3 is 1.39 bits per heavy atom. The number of nitrogens with zero attached hydrogens (tertiary/aromatic N) is 3. The van der Waals surface area contributed by atoms with Crippen LogP contribution in [0.5, 0.6) is 0 Å². The topological polar surface area (TPSA) is 249 Å². The molecular weight excluding hydrogens is 1140 g/mol. The number of nitrogens with one attached hydrogen (secondary N) is 4. The standard InChI is InChI=1S/C21H14Cl3F3N4O4S.C19H11Cl3F3N3O3S.C2H3NO/c1-28-20(33)30-11-2-4-15(23)13(7-11)19(32)18-17(6-10(22)9-29-18)31-36(34,35)12-3-5-16(24)14(8-12)21(25,26)27;20-9-5-16(17(27-8-9)18(29)12-6-10(26)1-3-14(12)21)28-32(30,31)11-2-4-15(22)13(7-11)19(23,24)25;1-3-2-4/h2-9,31H,1H3,(H2,28,30,33);1-8,28H,26H2;1H3. The summed E-state index contributed by atoms with van der Waals surface area (Å²) in [6.45, 7) is 0. The molecule has 0 aliphatic rings. The number of halogens is 12. The molecule has 0 fully saturated rings. The van der Waals surface area contributed by atoms with Gasteiger partial charge in [0, 0.05) is 49.0 Å². The van der Waals surface area contributed by atoms with Gasteiger partial charge in [-0.25, -0.2) is 41.4 Å². The Bertz CT molecular complexity index is 3370. The van der Waals surface area contributed by atoms with Crippen molar-refractivity contribution in [1.82, 2.24) is 15.3 Å². The minimum Gasteiger partial charge on any atom is -0.399 e. The summed E-state index contributed by atoms with van der Waals surface area (Å²) in [6.07, 6.45) is -6.33. The van der Waals surface area contributed by atoms with Crippen LogP contribution in [0.15, 0.2) is 112 Å². The number of nitrogens with two attached hydrogens (primary N) is 1. The van der Waals surface area contributed by atoms with Crippen molar-refractivity contribution in [2.24, 2.45) is 4.99 Å². The van der Waals surface area contributed by atoms with E-state index in [1.54, 1.807) is 0 Å². The lowest BCUT2D eigenvalue weighted by Crippen LogP contribution is -2.24.